The molecule has 0 aromatic carbocycles. The summed E-state index contributed by atoms with van der Waals surface area (Å²) in [6.07, 6.45) is 2.66. The van der Waals surface area contributed by atoms with E-state index in [2.05, 4.69) is 4.98 Å². The van der Waals surface area contributed by atoms with Crippen molar-refractivity contribution in [1.29, 1.82) is 0 Å². The number of hydrogen-bond acceptors (Lipinski definition) is 5. The third kappa shape index (κ3) is 7.47. The summed E-state index contributed by atoms with van der Waals surface area (Å²) in [7, 11) is 1.43. The quantitative estimate of drug-likeness (QED) is 0.451. The summed E-state index contributed by atoms with van der Waals surface area (Å²) in [6, 6.07) is 5.70. The molecule has 1 heterocycles. The van der Waals surface area contributed by atoms with Crippen molar-refractivity contribution < 1.29 is 14.5 Å². The Morgan fingerprint density at radius 3 is 2.88 bits per heavy atom. The van der Waals surface area contributed by atoms with Crippen LogP contribution in [-0.4, -0.2) is 34.1 Å². The number of nitrogens with zero attached hydrogens (tertiary/aromatic N) is 1. The molecule has 1 aromatic rings. The van der Waals surface area contributed by atoms with Crippen molar-refractivity contribution in [3.8, 4) is 0 Å². The van der Waals surface area contributed by atoms with E-state index < -0.39 is 13.8 Å². The molecule has 7 heteroatoms. The molecule has 1 aromatic heterocycles. The van der Waals surface area contributed by atoms with E-state index in [4.69, 9.17) is 5.11 Å². The zero-order valence-electron chi connectivity index (χ0n) is 9.17. The van der Waals surface area contributed by atoms with Gasteiger partial charge in [-0.25, -0.2) is 4.98 Å². The van der Waals surface area contributed by atoms with Crippen LogP contribution in [0.2, 0.25) is 0 Å². The Bertz CT molecular complexity index is 375. The van der Waals surface area contributed by atoms with Crippen LogP contribution in [0, 0.1) is 0 Å². The van der Waals surface area contributed by atoms with E-state index in [0.29, 0.717) is 12.3 Å². The fourth-order valence-electron chi connectivity index (χ4n) is 1.03. The monoisotopic (exact) mass is 291 g/mol. The molecule has 0 spiro atoms. The van der Waals surface area contributed by atoms with Crippen LogP contribution in [0.4, 0.5) is 0 Å². The lowest BCUT2D eigenvalue weighted by Crippen LogP contribution is -1.97. The topological polar surface area (TPSA) is 67.3 Å². The van der Waals surface area contributed by atoms with Crippen LogP contribution in [-0.2, 0) is 9.36 Å². The maximum Gasteiger partial charge on any atom is 0.303 e. The summed E-state index contributed by atoms with van der Waals surface area (Å²) in [5.41, 5.74) is 0. The summed E-state index contributed by atoms with van der Waals surface area (Å²) in [6.45, 7) is 0. The Kier molecular flexibility index (Phi) is 7.40. The van der Waals surface area contributed by atoms with Crippen LogP contribution in [0.25, 0.3) is 0 Å². The van der Waals surface area contributed by atoms with Gasteiger partial charge in [0.05, 0.1) is 14.2 Å². The van der Waals surface area contributed by atoms with E-state index >= 15 is 0 Å². The fraction of sp³-hybridized carbons (Fsp3) is 0.400. The van der Waals surface area contributed by atoms with Crippen LogP contribution in [0.5, 0.6) is 0 Å². The first-order chi connectivity index (χ1) is 8.18. The maximum absolute atomic E-state index is 11.4. The molecule has 0 saturated heterocycles. The van der Waals surface area contributed by atoms with Gasteiger partial charge in [-0.15, -0.1) is 0 Å². The summed E-state index contributed by atoms with van der Waals surface area (Å²) >= 11 is 0. The Hall–Kier alpha value is -0.450. The Labute approximate surface area is 109 Å². The van der Waals surface area contributed by atoms with E-state index in [9.17, 15) is 9.36 Å². The van der Waals surface area contributed by atoms with E-state index in [1.54, 1.807) is 27.8 Å². The van der Waals surface area contributed by atoms with Gasteiger partial charge in [-0.05, 0) is 22.9 Å². The maximum atomic E-state index is 11.4. The van der Waals surface area contributed by atoms with Gasteiger partial charge in [-0.2, -0.15) is 0 Å². The highest BCUT2D eigenvalue weighted by Crippen LogP contribution is 2.32. The van der Waals surface area contributed by atoms with E-state index in [0.717, 1.165) is 10.8 Å². The molecular weight excluding hydrogens is 277 g/mol. The first-order valence-electron chi connectivity index (χ1n) is 5.12. The second-order valence-electron chi connectivity index (χ2n) is 3.26. The lowest BCUT2D eigenvalue weighted by molar-refractivity contribution is -0.136. The summed E-state index contributed by atoms with van der Waals surface area (Å²) in [4.78, 5) is 14.4. The van der Waals surface area contributed by atoms with Gasteiger partial charge < -0.3 is 9.67 Å². The molecule has 1 unspecified atom stereocenters. The summed E-state index contributed by atoms with van der Waals surface area (Å²) in [5, 5.41) is 9.38. The molecule has 0 aliphatic rings. The standard InChI is InChI=1S/C10H14NO3PS2/c12-10(13)4-6-15(14)7-8-16-17-9-3-1-2-5-11-9/h1-3,5,15H,4,6-8H2,(H,12,13). The SMILES string of the molecule is O=C(O)CC[PH](=O)CCSSc1ccccn1. The third-order valence-electron chi connectivity index (χ3n) is 1.86. The molecule has 0 radical (unpaired) electrons. The number of rotatable bonds is 8. The minimum atomic E-state index is -1.72. The normalized spacial score (nSPS) is 12.2. The zero-order chi connectivity index (χ0) is 12.5. The molecule has 0 aliphatic heterocycles. The third-order valence-corrected chi connectivity index (χ3v) is 6.11. The average Bonchev–Trinajstić information content (AvgIpc) is 2.33. The van der Waals surface area contributed by atoms with Crippen LogP contribution in [0.1, 0.15) is 6.42 Å². The Balaban J connectivity index is 2.08. The van der Waals surface area contributed by atoms with E-state index in [-0.39, 0.29) is 6.42 Å². The van der Waals surface area contributed by atoms with Crippen molar-refractivity contribution in [3.05, 3.63) is 24.4 Å². The minimum absolute atomic E-state index is 0.00977. The number of carboxylic acid groups (broad SMARTS) is 1. The van der Waals surface area contributed by atoms with Crippen molar-refractivity contribution in [3.63, 3.8) is 0 Å². The first-order valence-corrected chi connectivity index (χ1v) is 9.26. The molecule has 1 N–H and O–H groups in total. The molecule has 0 amide bonds. The molecule has 0 fully saturated rings. The van der Waals surface area contributed by atoms with Crippen molar-refractivity contribution in [2.24, 2.45) is 0 Å². The highest BCUT2D eigenvalue weighted by atomic mass is 33.1. The Morgan fingerprint density at radius 1 is 1.41 bits per heavy atom. The largest absolute Gasteiger partial charge is 0.481 e. The first kappa shape index (κ1) is 14.6. The van der Waals surface area contributed by atoms with Crippen LogP contribution in [0.3, 0.4) is 0 Å². The molecule has 4 nitrogen and oxygen atoms in total. The van der Waals surface area contributed by atoms with Gasteiger partial charge in [0, 0.05) is 24.3 Å². The lowest BCUT2D eigenvalue weighted by atomic mass is 10.5. The molecule has 94 valence electrons. The van der Waals surface area contributed by atoms with Gasteiger partial charge in [-0.1, -0.05) is 16.9 Å². The van der Waals surface area contributed by atoms with Gasteiger partial charge in [0.2, 0.25) is 0 Å². The molecular formula is C10H14NO3PS2. The van der Waals surface area contributed by atoms with Gasteiger partial charge in [0.25, 0.3) is 0 Å². The predicted octanol–water partition coefficient (Wildman–Crippen LogP) is 2.86. The van der Waals surface area contributed by atoms with Gasteiger partial charge >= 0.3 is 5.97 Å². The molecule has 1 rings (SSSR count). The van der Waals surface area contributed by atoms with Crippen molar-refractivity contribution in [2.75, 3.05) is 18.1 Å². The summed E-state index contributed by atoms with van der Waals surface area (Å²) < 4.78 is 11.4. The fourth-order valence-corrected chi connectivity index (χ4v) is 5.11. The van der Waals surface area contributed by atoms with Crippen molar-refractivity contribution in [2.45, 2.75) is 11.4 Å². The molecule has 0 saturated carbocycles. The van der Waals surface area contributed by atoms with Gasteiger partial charge in [0.15, 0.2) is 0 Å². The average molecular weight is 291 g/mol. The smallest absolute Gasteiger partial charge is 0.303 e. The highest BCUT2D eigenvalue weighted by Gasteiger charge is 2.04. The molecule has 1 atom stereocenters. The van der Waals surface area contributed by atoms with Crippen molar-refractivity contribution in [1.82, 2.24) is 4.98 Å². The summed E-state index contributed by atoms with van der Waals surface area (Å²) in [5.74, 6) is -0.113. The second-order valence-corrected chi connectivity index (χ2v) is 7.77. The second kappa shape index (κ2) is 8.61. The zero-order valence-corrected chi connectivity index (χ0v) is 11.8. The number of carboxylic acids is 1. The van der Waals surface area contributed by atoms with Crippen LogP contribution < -0.4 is 0 Å². The van der Waals surface area contributed by atoms with Crippen LogP contribution in [0.15, 0.2) is 29.4 Å². The number of aromatic nitrogens is 1. The van der Waals surface area contributed by atoms with Crippen molar-refractivity contribution >= 4 is 35.4 Å². The van der Waals surface area contributed by atoms with E-state index in [1.807, 2.05) is 18.2 Å². The number of pyridine rings is 1. The van der Waals surface area contributed by atoms with Gasteiger partial charge in [-0.3, -0.25) is 4.79 Å². The minimum Gasteiger partial charge on any atom is -0.481 e. The number of aliphatic carboxylic acids is 1. The predicted molar refractivity (Wildman–Crippen MR) is 73.5 cm³/mol. The number of carbonyl (C=O) groups is 1. The van der Waals surface area contributed by atoms with Gasteiger partial charge in [0.1, 0.15) is 5.03 Å². The lowest BCUT2D eigenvalue weighted by Gasteiger charge is -2.00. The Morgan fingerprint density at radius 2 is 2.24 bits per heavy atom. The molecule has 17 heavy (non-hydrogen) atoms. The highest BCUT2D eigenvalue weighted by molar-refractivity contribution is 8.76. The number of hydrogen-bond donors (Lipinski definition) is 1. The molecule has 0 aliphatic carbocycles. The van der Waals surface area contributed by atoms with Crippen LogP contribution >= 0.6 is 29.4 Å². The molecule has 0 bridgehead atoms. The van der Waals surface area contributed by atoms with E-state index in [1.165, 1.54) is 0 Å².